The molecule has 1 saturated heterocycles. The van der Waals surface area contributed by atoms with Gasteiger partial charge in [-0.15, -0.1) is 6.58 Å². The smallest absolute Gasteiger partial charge is 0.315 e. The second-order valence-electron chi connectivity index (χ2n) is 16.3. The molecule has 4 aliphatic rings. The van der Waals surface area contributed by atoms with Gasteiger partial charge in [0.25, 0.3) is 5.91 Å². The zero-order valence-electron chi connectivity index (χ0n) is 30.9. The molecule has 4 N–H and O–H groups in total. The van der Waals surface area contributed by atoms with Crippen molar-refractivity contribution in [3.63, 3.8) is 0 Å². The first-order valence-corrected chi connectivity index (χ1v) is 20.3. The third-order valence-electron chi connectivity index (χ3n) is 11.7. The maximum atomic E-state index is 14.8. The summed E-state index contributed by atoms with van der Waals surface area (Å²) in [4.78, 5) is 70.2. The molecule has 0 aromatic heterocycles. The largest absolute Gasteiger partial charge is 0.346 e. The standard InChI is InChI=1S/C36H60N6O7S/c1-8-13-26(30(43)32(45)37-20-9-2)38-31(44)29-24-16-17-36(18-19-36)25(24)21-42(29)33(46)28(23-14-11-10-12-15-23)40-34(47)39-27(35(3,4)5)22-41(6)50(7,48)49/h9,23-29H,2,8,10-22H2,1,3-7H3,(H,37,45)(H,38,44)(H2,39,40,47)/t24-,25-,26?,27+,28-,29-/m0/s1. The van der Waals surface area contributed by atoms with E-state index < -0.39 is 63.2 Å². The van der Waals surface area contributed by atoms with Crippen LogP contribution < -0.4 is 21.3 Å². The maximum Gasteiger partial charge on any atom is 0.315 e. The monoisotopic (exact) mass is 720 g/mol. The van der Waals surface area contributed by atoms with Crippen molar-refractivity contribution in [3.05, 3.63) is 12.7 Å². The maximum absolute atomic E-state index is 14.8. The molecule has 14 heteroatoms. The van der Waals surface area contributed by atoms with Crippen LogP contribution in [0, 0.1) is 28.6 Å². The molecule has 4 fully saturated rings. The molecule has 282 valence electrons. The fourth-order valence-corrected chi connectivity index (χ4v) is 8.84. The van der Waals surface area contributed by atoms with Crippen LogP contribution in [0.25, 0.3) is 0 Å². The summed E-state index contributed by atoms with van der Waals surface area (Å²) in [5.74, 6) is -2.32. The summed E-state index contributed by atoms with van der Waals surface area (Å²) in [6.07, 6.45) is 11.8. The summed E-state index contributed by atoms with van der Waals surface area (Å²) < 4.78 is 25.6. The third kappa shape index (κ3) is 9.26. The first-order valence-electron chi connectivity index (χ1n) is 18.5. The second-order valence-corrected chi connectivity index (χ2v) is 18.4. The Balaban J connectivity index is 1.60. The molecule has 1 aliphatic heterocycles. The number of hydrogen-bond donors (Lipinski definition) is 4. The second kappa shape index (κ2) is 16.1. The molecular formula is C36H60N6O7S. The van der Waals surface area contributed by atoms with Crippen molar-refractivity contribution in [1.29, 1.82) is 0 Å². The Bertz CT molecular complexity index is 1400. The number of likely N-dealkylation sites (tertiary alicyclic amines) is 1. The van der Waals surface area contributed by atoms with Crippen molar-refractivity contribution < 1.29 is 32.4 Å². The molecule has 4 rings (SSSR count). The minimum absolute atomic E-state index is 0.0564. The predicted octanol–water partition coefficient (Wildman–Crippen LogP) is 2.71. The molecule has 3 saturated carbocycles. The Hall–Kier alpha value is -3.00. The van der Waals surface area contributed by atoms with Gasteiger partial charge in [-0.3, -0.25) is 19.2 Å². The fourth-order valence-electron chi connectivity index (χ4n) is 8.42. The summed E-state index contributed by atoms with van der Waals surface area (Å²) in [7, 11) is -2.03. The number of Topliss-reactive ketones (excluding diaryl/α,β-unsaturated/α-hetero) is 1. The number of hydrogen-bond acceptors (Lipinski definition) is 7. The van der Waals surface area contributed by atoms with Gasteiger partial charge in [0.05, 0.1) is 12.3 Å². The summed E-state index contributed by atoms with van der Waals surface area (Å²) >= 11 is 0. The van der Waals surface area contributed by atoms with E-state index in [2.05, 4.69) is 27.8 Å². The zero-order chi connectivity index (χ0) is 37.0. The molecule has 6 atom stereocenters. The van der Waals surface area contributed by atoms with E-state index in [4.69, 9.17) is 0 Å². The van der Waals surface area contributed by atoms with Crippen molar-refractivity contribution in [1.82, 2.24) is 30.5 Å². The molecule has 5 amide bonds. The van der Waals surface area contributed by atoms with Crippen molar-refractivity contribution >= 4 is 39.6 Å². The van der Waals surface area contributed by atoms with E-state index in [1.807, 2.05) is 27.7 Å². The van der Waals surface area contributed by atoms with E-state index in [1.54, 1.807) is 4.90 Å². The van der Waals surface area contributed by atoms with Crippen LogP contribution in [0.3, 0.4) is 0 Å². The zero-order valence-corrected chi connectivity index (χ0v) is 31.7. The number of fused-ring (bicyclic) bond motifs is 2. The first kappa shape index (κ1) is 39.8. The van der Waals surface area contributed by atoms with Gasteiger partial charge < -0.3 is 26.2 Å². The van der Waals surface area contributed by atoms with Crippen molar-refractivity contribution in [2.45, 2.75) is 122 Å². The molecule has 1 heterocycles. The molecule has 1 spiro atoms. The number of carbonyl (C=O) groups excluding carboxylic acids is 5. The number of sulfonamides is 1. The molecule has 13 nitrogen and oxygen atoms in total. The van der Waals surface area contributed by atoms with Crippen molar-refractivity contribution in [2.75, 3.05) is 32.9 Å². The average Bonchev–Trinajstić information content (AvgIpc) is 3.62. The lowest BCUT2D eigenvalue weighted by Crippen LogP contribution is -2.61. The van der Waals surface area contributed by atoms with Crippen LogP contribution in [0.15, 0.2) is 12.7 Å². The number of ketones is 1. The Kier molecular flexibility index (Phi) is 12.8. The van der Waals surface area contributed by atoms with Crippen LogP contribution in [0.5, 0.6) is 0 Å². The topological polar surface area (TPSA) is 174 Å². The van der Waals surface area contributed by atoms with Crippen LogP contribution in [-0.4, -0.2) is 104 Å². The van der Waals surface area contributed by atoms with Crippen LogP contribution in [-0.2, 0) is 29.2 Å². The molecule has 0 aromatic rings. The first-order chi connectivity index (χ1) is 23.4. The third-order valence-corrected chi connectivity index (χ3v) is 13.0. The molecule has 50 heavy (non-hydrogen) atoms. The lowest BCUT2D eigenvalue weighted by atomic mass is 9.83. The van der Waals surface area contributed by atoms with E-state index in [9.17, 15) is 32.4 Å². The number of amides is 5. The lowest BCUT2D eigenvalue weighted by molar-refractivity contribution is -0.144. The van der Waals surface area contributed by atoms with Gasteiger partial charge in [-0.2, -0.15) is 0 Å². The normalized spacial score (nSPS) is 24.9. The number of urea groups is 1. The number of likely N-dealkylation sites (N-methyl/N-ethyl adjacent to an activating group) is 1. The number of carbonyl (C=O) groups is 5. The molecule has 0 bridgehead atoms. The highest BCUT2D eigenvalue weighted by atomic mass is 32.2. The van der Waals surface area contributed by atoms with Gasteiger partial charge in [0.2, 0.25) is 27.6 Å². The number of rotatable bonds is 15. The highest BCUT2D eigenvalue weighted by Crippen LogP contribution is 2.66. The minimum Gasteiger partial charge on any atom is -0.346 e. The summed E-state index contributed by atoms with van der Waals surface area (Å²) in [5, 5.41) is 11.3. The fraction of sp³-hybridized carbons (Fsp3) is 0.806. The Morgan fingerprint density at radius 2 is 1.66 bits per heavy atom. The van der Waals surface area contributed by atoms with Crippen LogP contribution in [0.4, 0.5) is 4.79 Å². The Labute approximate surface area is 298 Å². The van der Waals surface area contributed by atoms with Gasteiger partial charge >= 0.3 is 6.03 Å². The van der Waals surface area contributed by atoms with E-state index in [-0.39, 0.29) is 48.6 Å². The number of nitrogens with one attached hydrogen (secondary N) is 4. The molecule has 1 unspecified atom stereocenters. The van der Waals surface area contributed by atoms with Crippen LogP contribution in [0.1, 0.15) is 98.3 Å². The average molecular weight is 721 g/mol. The van der Waals surface area contributed by atoms with E-state index in [0.29, 0.717) is 13.0 Å². The van der Waals surface area contributed by atoms with Gasteiger partial charge in [-0.25, -0.2) is 17.5 Å². The molecular weight excluding hydrogens is 660 g/mol. The highest BCUT2D eigenvalue weighted by Gasteiger charge is 2.64. The van der Waals surface area contributed by atoms with E-state index >= 15 is 0 Å². The Morgan fingerprint density at radius 1 is 1.00 bits per heavy atom. The van der Waals surface area contributed by atoms with Gasteiger partial charge in [0.15, 0.2) is 0 Å². The van der Waals surface area contributed by atoms with Gasteiger partial charge in [0, 0.05) is 32.7 Å². The lowest BCUT2D eigenvalue weighted by Gasteiger charge is -2.37. The van der Waals surface area contributed by atoms with Gasteiger partial charge in [0.1, 0.15) is 12.1 Å². The van der Waals surface area contributed by atoms with Gasteiger partial charge in [-0.05, 0) is 73.5 Å². The predicted molar refractivity (Wildman–Crippen MR) is 191 cm³/mol. The van der Waals surface area contributed by atoms with E-state index in [1.165, 1.54) is 17.4 Å². The molecule has 3 aliphatic carbocycles. The summed E-state index contributed by atoms with van der Waals surface area (Å²) in [6.45, 7) is 11.8. The SMILES string of the molecule is C=CCNC(=O)C(=O)C(CCC)NC(=O)[C@@H]1[C@H]2CCC3(CC3)[C@H]2CN1C(=O)[C@@H](NC(=O)N[C@H](CN(C)S(C)(=O)=O)C(C)(C)C)C1CCCCC1. The van der Waals surface area contributed by atoms with Gasteiger partial charge in [-0.1, -0.05) is 59.5 Å². The summed E-state index contributed by atoms with van der Waals surface area (Å²) in [5.41, 5.74) is -0.373. The van der Waals surface area contributed by atoms with Crippen molar-refractivity contribution in [2.24, 2.45) is 28.6 Å². The minimum atomic E-state index is -3.50. The van der Waals surface area contributed by atoms with Crippen LogP contribution >= 0.6 is 0 Å². The van der Waals surface area contributed by atoms with Crippen LogP contribution in [0.2, 0.25) is 0 Å². The summed E-state index contributed by atoms with van der Waals surface area (Å²) in [6, 6.07) is -3.85. The quantitative estimate of drug-likeness (QED) is 0.149. The van der Waals surface area contributed by atoms with E-state index in [0.717, 1.165) is 64.0 Å². The molecule has 0 aromatic carbocycles. The Morgan fingerprint density at radius 3 is 2.22 bits per heavy atom. The highest BCUT2D eigenvalue weighted by molar-refractivity contribution is 7.88. The number of nitrogens with zero attached hydrogens (tertiary/aromatic N) is 2. The van der Waals surface area contributed by atoms with Crippen molar-refractivity contribution in [3.8, 4) is 0 Å². The molecule has 0 radical (unpaired) electrons.